The Kier molecular flexibility index (Phi) is 4.08. The number of alkyl halides is 2. The predicted octanol–water partition coefficient (Wildman–Crippen LogP) is 1.23. The zero-order valence-corrected chi connectivity index (χ0v) is 9.22. The van der Waals surface area contributed by atoms with E-state index in [0.717, 1.165) is 13.2 Å². The van der Waals surface area contributed by atoms with E-state index in [1.165, 1.54) is 0 Å². The fourth-order valence-corrected chi connectivity index (χ4v) is 1.23. The molecule has 0 radical (unpaired) electrons. The molecule has 0 fully saturated rings. The lowest BCUT2D eigenvalue weighted by molar-refractivity contribution is -0.386. The van der Waals surface area contributed by atoms with E-state index >= 15 is 0 Å². The fourth-order valence-electron chi connectivity index (χ4n) is 1.23. The second kappa shape index (κ2) is 5.34. The lowest BCUT2D eigenvalue weighted by Gasteiger charge is -2.07. The number of halogens is 2. The first-order chi connectivity index (χ1) is 8.36. The van der Waals surface area contributed by atoms with E-state index in [1.807, 2.05) is 0 Å². The summed E-state index contributed by atoms with van der Waals surface area (Å²) in [5.74, 6) is -0.733. The summed E-state index contributed by atoms with van der Waals surface area (Å²) in [6, 6.07) is 0.757. The van der Waals surface area contributed by atoms with E-state index in [0.29, 0.717) is 0 Å². The Morgan fingerprint density at radius 2 is 2.28 bits per heavy atom. The van der Waals surface area contributed by atoms with Crippen molar-refractivity contribution in [2.45, 2.75) is 12.8 Å². The van der Waals surface area contributed by atoms with Gasteiger partial charge in [-0.15, -0.1) is 0 Å². The van der Waals surface area contributed by atoms with Crippen molar-refractivity contribution >= 4 is 17.3 Å². The molecule has 18 heavy (non-hydrogen) atoms. The van der Waals surface area contributed by atoms with Gasteiger partial charge in [-0.2, -0.15) is 0 Å². The molecule has 1 aromatic heterocycles. The number of nitrogen functional groups attached to an aromatic ring is 1. The van der Waals surface area contributed by atoms with Crippen LogP contribution < -0.4 is 5.73 Å². The molecule has 1 aromatic rings. The average Bonchev–Trinajstić information content (AvgIpc) is 2.30. The Morgan fingerprint density at radius 3 is 2.72 bits per heavy atom. The normalized spacial score (nSPS) is 10.4. The van der Waals surface area contributed by atoms with Gasteiger partial charge >= 0.3 is 5.97 Å². The third-order valence-corrected chi connectivity index (χ3v) is 2.09. The van der Waals surface area contributed by atoms with Crippen LogP contribution in [-0.2, 0) is 16.0 Å². The number of carbonyl (C=O) groups excluding carboxylic acids is 1. The van der Waals surface area contributed by atoms with Crippen molar-refractivity contribution in [2.24, 2.45) is 0 Å². The van der Waals surface area contributed by atoms with Crippen molar-refractivity contribution in [1.82, 2.24) is 4.98 Å². The first-order valence-electron chi connectivity index (χ1n) is 4.65. The van der Waals surface area contributed by atoms with E-state index in [-0.39, 0.29) is 11.4 Å². The van der Waals surface area contributed by atoms with Crippen molar-refractivity contribution < 1.29 is 23.2 Å². The molecule has 0 aromatic carbocycles. The molecule has 1 rings (SSSR count). The lowest BCUT2D eigenvalue weighted by atomic mass is 10.2. The zero-order valence-electron chi connectivity index (χ0n) is 9.22. The van der Waals surface area contributed by atoms with Crippen LogP contribution in [0.25, 0.3) is 0 Å². The van der Waals surface area contributed by atoms with Gasteiger partial charge in [-0.05, 0) is 0 Å². The van der Waals surface area contributed by atoms with E-state index < -0.39 is 35.1 Å². The number of methoxy groups -OCH3 is 1. The molecule has 0 aliphatic carbocycles. The number of nitrogens with two attached hydrogens (primary N) is 1. The molecule has 2 N–H and O–H groups in total. The molecule has 0 saturated carbocycles. The van der Waals surface area contributed by atoms with Gasteiger partial charge in [0.2, 0.25) is 0 Å². The smallest absolute Gasteiger partial charge is 0.311 e. The topological polar surface area (TPSA) is 108 Å². The highest BCUT2D eigenvalue weighted by atomic mass is 19.3. The summed E-state index contributed by atoms with van der Waals surface area (Å²) < 4.78 is 29.5. The Morgan fingerprint density at radius 1 is 1.67 bits per heavy atom. The Balaban J connectivity index is 3.27. The summed E-state index contributed by atoms with van der Waals surface area (Å²) in [5, 5.41) is 10.6. The number of hydrogen-bond acceptors (Lipinski definition) is 6. The van der Waals surface area contributed by atoms with Crippen molar-refractivity contribution in [3.63, 3.8) is 0 Å². The second-order valence-corrected chi connectivity index (χ2v) is 3.24. The quantitative estimate of drug-likeness (QED) is 0.496. The Labute approximate surface area is 99.7 Å². The summed E-state index contributed by atoms with van der Waals surface area (Å²) >= 11 is 0. The van der Waals surface area contributed by atoms with E-state index in [1.54, 1.807) is 0 Å². The molecule has 0 aliphatic rings. The Hall–Kier alpha value is -2.32. The fraction of sp³-hybridized carbons (Fsp3) is 0.333. The number of carbonyl (C=O) groups is 1. The molecule has 0 unspecified atom stereocenters. The molecule has 0 spiro atoms. The van der Waals surface area contributed by atoms with Gasteiger partial charge in [0.25, 0.3) is 12.1 Å². The molecular weight excluding hydrogens is 252 g/mol. The maximum Gasteiger partial charge on any atom is 0.311 e. The standard InChI is InChI=1S/C9H9F2N3O4/c1-18-7(15)3-5-4(12)2-6(14(16)17)8(13-5)9(10)11/h2,9H,3,12H2,1H3. The monoisotopic (exact) mass is 261 g/mol. The third-order valence-electron chi connectivity index (χ3n) is 2.09. The molecule has 98 valence electrons. The van der Waals surface area contributed by atoms with Gasteiger partial charge in [-0.1, -0.05) is 0 Å². The van der Waals surface area contributed by atoms with Crippen molar-refractivity contribution in [2.75, 3.05) is 12.8 Å². The van der Waals surface area contributed by atoms with Crippen LogP contribution >= 0.6 is 0 Å². The number of rotatable bonds is 4. The van der Waals surface area contributed by atoms with Crippen LogP contribution in [0.3, 0.4) is 0 Å². The van der Waals surface area contributed by atoms with Crippen LogP contribution in [0.15, 0.2) is 6.07 Å². The number of ether oxygens (including phenoxy) is 1. The van der Waals surface area contributed by atoms with Crippen LogP contribution in [0.2, 0.25) is 0 Å². The van der Waals surface area contributed by atoms with Gasteiger partial charge in [0.05, 0.1) is 29.8 Å². The summed E-state index contributed by atoms with van der Waals surface area (Å²) in [6.45, 7) is 0. The second-order valence-electron chi connectivity index (χ2n) is 3.24. The molecule has 0 saturated heterocycles. The molecule has 7 nitrogen and oxygen atoms in total. The van der Waals surface area contributed by atoms with Crippen LogP contribution in [0.5, 0.6) is 0 Å². The van der Waals surface area contributed by atoms with Crippen molar-refractivity contribution in [3.05, 3.63) is 27.6 Å². The van der Waals surface area contributed by atoms with Gasteiger partial charge in [0, 0.05) is 6.07 Å². The van der Waals surface area contributed by atoms with Crippen LogP contribution in [0.1, 0.15) is 17.8 Å². The molecule has 0 atom stereocenters. The van der Waals surface area contributed by atoms with E-state index in [2.05, 4.69) is 9.72 Å². The third kappa shape index (κ3) is 2.87. The lowest BCUT2D eigenvalue weighted by Crippen LogP contribution is -2.11. The van der Waals surface area contributed by atoms with E-state index in [9.17, 15) is 23.7 Å². The molecular formula is C9H9F2N3O4. The highest BCUT2D eigenvalue weighted by molar-refractivity contribution is 5.74. The first kappa shape index (κ1) is 13.7. The maximum atomic E-state index is 12.6. The van der Waals surface area contributed by atoms with Crippen molar-refractivity contribution in [3.8, 4) is 0 Å². The molecule has 0 bridgehead atoms. The summed E-state index contributed by atoms with van der Waals surface area (Å²) in [5.41, 5.74) is 3.12. The minimum Gasteiger partial charge on any atom is -0.469 e. The molecule has 9 heteroatoms. The molecule has 0 aliphatic heterocycles. The Bertz CT molecular complexity index is 493. The predicted molar refractivity (Wildman–Crippen MR) is 56.0 cm³/mol. The number of anilines is 1. The minimum atomic E-state index is -3.14. The number of nitro groups is 1. The van der Waals surface area contributed by atoms with E-state index in [4.69, 9.17) is 5.73 Å². The van der Waals surface area contributed by atoms with Gasteiger partial charge in [0.15, 0.2) is 5.69 Å². The maximum absolute atomic E-state index is 12.6. The van der Waals surface area contributed by atoms with Gasteiger partial charge < -0.3 is 10.5 Å². The summed E-state index contributed by atoms with van der Waals surface area (Å²) in [7, 11) is 1.11. The number of pyridine rings is 1. The highest BCUT2D eigenvalue weighted by Gasteiger charge is 2.26. The SMILES string of the molecule is COC(=O)Cc1nc(C(F)F)c([N+](=O)[O-])cc1N. The number of aromatic nitrogens is 1. The summed E-state index contributed by atoms with van der Waals surface area (Å²) in [4.78, 5) is 23.9. The molecule has 0 amide bonds. The number of esters is 1. The minimum absolute atomic E-state index is 0.178. The largest absolute Gasteiger partial charge is 0.469 e. The van der Waals surface area contributed by atoms with Crippen molar-refractivity contribution in [1.29, 1.82) is 0 Å². The van der Waals surface area contributed by atoms with Gasteiger partial charge in [-0.25, -0.2) is 13.8 Å². The zero-order chi connectivity index (χ0) is 13.9. The number of nitrogens with zero attached hydrogens (tertiary/aromatic N) is 2. The van der Waals surface area contributed by atoms with Crippen LogP contribution in [0.4, 0.5) is 20.2 Å². The number of hydrogen-bond donors (Lipinski definition) is 1. The summed E-state index contributed by atoms with van der Waals surface area (Å²) in [6.07, 6.45) is -3.57. The highest BCUT2D eigenvalue weighted by Crippen LogP contribution is 2.30. The first-order valence-corrected chi connectivity index (χ1v) is 4.65. The average molecular weight is 261 g/mol. The van der Waals surface area contributed by atoms with Crippen LogP contribution in [-0.4, -0.2) is 23.0 Å². The molecule has 1 heterocycles. The van der Waals surface area contributed by atoms with Gasteiger partial charge in [-0.3, -0.25) is 14.9 Å². The van der Waals surface area contributed by atoms with Gasteiger partial charge in [0.1, 0.15) is 0 Å². The van der Waals surface area contributed by atoms with Crippen LogP contribution in [0, 0.1) is 10.1 Å².